The molecule has 0 N–H and O–H groups in total. The Morgan fingerprint density at radius 2 is 1.74 bits per heavy atom. The van der Waals surface area contributed by atoms with Crippen molar-refractivity contribution in [1.29, 1.82) is 0 Å². The van der Waals surface area contributed by atoms with Gasteiger partial charge in [-0.25, -0.2) is 8.42 Å². The van der Waals surface area contributed by atoms with E-state index in [0.717, 1.165) is 11.4 Å². The lowest BCUT2D eigenvalue weighted by molar-refractivity contribution is -0.387. The number of benzene rings is 1. The number of ketones is 1. The largest absolute Gasteiger partial charge is 0.346 e. The van der Waals surface area contributed by atoms with E-state index >= 15 is 0 Å². The Morgan fingerprint density at radius 3 is 2.29 bits per heavy atom. The third-order valence-electron chi connectivity index (χ3n) is 5.68. The maximum absolute atomic E-state index is 12.9. The fourth-order valence-electron chi connectivity index (χ4n) is 4.24. The van der Waals surface area contributed by atoms with Crippen LogP contribution in [-0.4, -0.2) is 65.6 Å². The summed E-state index contributed by atoms with van der Waals surface area (Å²) in [5, 5.41) is 11.2. The summed E-state index contributed by atoms with van der Waals surface area (Å²) in [4.78, 5) is 25.0. The topological polar surface area (TPSA) is 106 Å². The van der Waals surface area contributed by atoms with E-state index in [9.17, 15) is 23.3 Å². The molecule has 9 nitrogen and oxygen atoms in total. The Labute approximate surface area is 182 Å². The Bertz CT molecular complexity index is 1100. The zero-order valence-corrected chi connectivity index (χ0v) is 19.1. The summed E-state index contributed by atoms with van der Waals surface area (Å²) in [6.45, 7) is 9.40. The molecule has 1 fully saturated rings. The van der Waals surface area contributed by atoms with Crippen LogP contribution >= 0.6 is 0 Å². The lowest BCUT2D eigenvalue weighted by Gasteiger charge is -2.33. The number of hydrogen-bond donors (Lipinski definition) is 0. The Morgan fingerprint density at radius 1 is 1.13 bits per heavy atom. The van der Waals surface area contributed by atoms with Gasteiger partial charge in [-0.2, -0.15) is 4.31 Å². The normalized spacial score (nSPS) is 16.0. The van der Waals surface area contributed by atoms with E-state index in [2.05, 4.69) is 18.4 Å². The van der Waals surface area contributed by atoms with Gasteiger partial charge in [0.25, 0.3) is 5.69 Å². The van der Waals surface area contributed by atoms with E-state index in [-0.39, 0.29) is 36.4 Å². The number of piperazine rings is 1. The molecule has 0 aliphatic carbocycles. The third-order valence-corrected chi connectivity index (χ3v) is 7.63. The number of hydrogen-bond acceptors (Lipinski definition) is 6. The molecule has 10 heteroatoms. The van der Waals surface area contributed by atoms with Crippen molar-refractivity contribution in [2.75, 3.05) is 32.7 Å². The van der Waals surface area contributed by atoms with Crippen LogP contribution in [0.1, 0.15) is 41.6 Å². The van der Waals surface area contributed by atoms with Gasteiger partial charge in [-0.05, 0) is 39.8 Å². The Hall–Kier alpha value is -2.56. The fourth-order valence-corrected chi connectivity index (χ4v) is 5.82. The predicted octanol–water partition coefficient (Wildman–Crippen LogP) is 2.78. The van der Waals surface area contributed by atoms with Crippen LogP contribution in [0.3, 0.4) is 0 Å². The minimum absolute atomic E-state index is 0.00926. The average molecular weight is 449 g/mol. The molecule has 0 radical (unpaired) electrons. The van der Waals surface area contributed by atoms with Crippen molar-refractivity contribution in [2.45, 2.75) is 38.6 Å². The lowest BCUT2D eigenvalue weighted by Crippen LogP contribution is -2.49. The number of Topliss-reactive ketones (excluding diaryl/α,β-unsaturated/α-hetero) is 1. The highest BCUT2D eigenvalue weighted by atomic mass is 32.2. The van der Waals surface area contributed by atoms with Crippen molar-refractivity contribution in [3.8, 4) is 0 Å². The van der Waals surface area contributed by atoms with Gasteiger partial charge < -0.3 is 4.57 Å². The molecule has 2 aromatic rings. The van der Waals surface area contributed by atoms with Gasteiger partial charge in [0.1, 0.15) is 0 Å². The highest BCUT2D eigenvalue weighted by Crippen LogP contribution is 2.27. The number of sulfonamides is 1. The van der Waals surface area contributed by atoms with E-state index < -0.39 is 20.6 Å². The molecular weight excluding hydrogens is 420 g/mol. The molecule has 0 spiro atoms. The summed E-state index contributed by atoms with van der Waals surface area (Å²) in [7, 11) is -3.98. The average Bonchev–Trinajstić information content (AvgIpc) is 3.02. The number of nitro benzene ring substituents is 1. The first-order chi connectivity index (χ1) is 14.5. The molecule has 31 heavy (non-hydrogen) atoms. The van der Waals surface area contributed by atoms with Crippen molar-refractivity contribution >= 4 is 21.5 Å². The molecular formula is C21H28N4O5S. The van der Waals surface area contributed by atoms with Crippen LogP contribution in [0, 0.1) is 24.0 Å². The van der Waals surface area contributed by atoms with Crippen molar-refractivity contribution < 1.29 is 18.1 Å². The second-order valence-corrected chi connectivity index (χ2v) is 9.98. The molecule has 1 aliphatic heterocycles. The van der Waals surface area contributed by atoms with Crippen LogP contribution in [0.5, 0.6) is 0 Å². The summed E-state index contributed by atoms with van der Waals surface area (Å²) in [6.07, 6.45) is 0. The van der Waals surface area contributed by atoms with Crippen molar-refractivity contribution in [2.24, 2.45) is 0 Å². The summed E-state index contributed by atoms with van der Waals surface area (Å²) in [5.41, 5.74) is 2.24. The minimum atomic E-state index is -3.98. The Kier molecular flexibility index (Phi) is 6.63. The standard InChI is InChI=1S/C21H28N4O5S/c1-15(2)24-16(3)13-18(17(24)4)20(26)14-22-9-11-23(12-10-22)31(29,30)21-8-6-5-7-19(21)25(27)28/h5-8,13,15H,9-12,14H2,1-4H3. The fraction of sp³-hybridized carbons (Fsp3) is 0.476. The number of rotatable bonds is 7. The van der Waals surface area contributed by atoms with Crippen LogP contribution in [-0.2, 0) is 10.0 Å². The monoisotopic (exact) mass is 448 g/mol. The maximum Gasteiger partial charge on any atom is 0.289 e. The van der Waals surface area contributed by atoms with Crippen LogP contribution in [0.2, 0.25) is 0 Å². The number of aromatic nitrogens is 1. The predicted molar refractivity (Wildman–Crippen MR) is 117 cm³/mol. The maximum atomic E-state index is 12.9. The molecule has 0 saturated carbocycles. The zero-order valence-electron chi connectivity index (χ0n) is 18.2. The molecule has 0 unspecified atom stereocenters. The quantitative estimate of drug-likeness (QED) is 0.366. The minimum Gasteiger partial charge on any atom is -0.346 e. The number of aryl methyl sites for hydroxylation is 1. The van der Waals surface area contributed by atoms with Gasteiger partial charge in [0.15, 0.2) is 10.7 Å². The van der Waals surface area contributed by atoms with Gasteiger partial charge in [-0.1, -0.05) is 12.1 Å². The van der Waals surface area contributed by atoms with Crippen molar-refractivity contribution in [3.05, 3.63) is 57.4 Å². The first kappa shape index (κ1) is 23.1. The lowest BCUT2D eigenvalue weighted by atomic mass is 10.1. The molecule has 1 aromatic heterocycles. The van der Waals surface area contributed by atoms with Gasteiger partial charge in [-0.15, -0.1) is 0 Å². The van der Waals surface area contributed by atoms with Crippen molar-refractivity contribution in [1.82, 2.24) is 13.8 Å². The van der Waals surface area contributed by atoms with Crippen LogP contribution < -0.4 is 0 Å². The summed E-state index contributed by atoms with van der Waals surface area (Å²) in [5.74, 6) is 0.00926. The molecule has 0 atom stereocenters. The van der Waals surface area contributed by atoms with Crippen molar-refractivity contribution in [3.63, 3.8) is 0 Å². The Balaban J connectivity index is 1.68. The van der Waals surface area contributed by atoms with E-state index in [1.807, 2.05) is 24.8 Å². The van der Waals surface area contributed by atoms with Gasteiger partial charge in [-0.3, -0.25) is 19.8 Å². The number of carbonyl (C=O) groups excluding carboxylic acids is 1. The van der Waals surface area contributed by atoms with Crippen LogP contribution in [0.15, 0.2) is 35.2 Å². The van der Waals surface area contributed by atoms with E-state index in [4.69, 9.17) is 0 Å². The molecule has 0 bridgehead atoms. The first-order valence-corrected chi connectivity index (χ1v) is 11.7. The number of carbonyl (C=O) groups is 1. The molecule has 1 aliphatic rings. The molecule has 1 aromatic carbocycles. The molecule has 3 rings (SSSR count). The zero-order chi connectivity index (χ0) is 22.9. The van der Waals surface area contributed by atoms with E-state index in [1.165, 1.54) is 28.6 Å². The highest BCUT2D eigenvalue weighted by molar-refractivity contribution is 7.89. The van der Waals surface area contributed by atoms with Gasteiger partial charge in [0, 0.05) is 55.2 Å². The summed E-state index contributed by atoms with van der Waals surface area (Å²) >= 11 is 0. The van der Waals surface area contributed by atoms with Crippen LogP contribution in [0.25, 0.3) is 0 Å². The molecule has 0 amide bonds. The molecule has 1 saturated heterocycles. The smallest absolute Gasteiger partial charge is 0.289 e. The van der Waals surface area contributed by atoms with E-state index in [1.54, 1.807) is 0 Å². The third kappa shape index (κ3) is 4.56. The second kappa shape index (κ2) is 8.89. The second-order valence-electron chi connectivity index (χ2n) is 8.08. The van der Waals surface area contributed by atoms with Gasteiger partial charge >= 0.3 is 0 Å². The number of nitrogens with zero attached hydrogens (tertiary/aromatic N) is 4. The van der Waals surface area contributed by atoms with E-state index in [0.29, 0.717) is 18.7 Å². The van der Waals surface area contributed by atoms with Crippen LogP contribution in [0.4, 0.5) is 5.69 Å². The highest BCUT2D eigenvalue weighted by Gasteiger charge is 2.34. The first-order valence-electron chi connectivity index (χ1n) is 10.2. The number of para-hydroxylation sites is 1. The summed E-state index contributed by atoms with van der Waals surface area (Å²) < 4.78 is 29.3. The molecule has 2 heterocycles. The molecule has 168 valence electrons. The SMILES string of the molecule is Cc1cc(C(=O)CN2CCN(S(=O)(=O)c3ccccc3[N+](=O)[O-])CC2)c(C)n1C(C)C. The number of nitro groups is 1. The summed E-state index contributed by atoms with van der Waals surface area (Å²) in [6, 6.07) is 7.53. The van der Waals surface area contributed by atoms with Gasteiger partial charge in [0.05, 0.1) is 11.5 Å². The van der Waals surface area contributed by atoms with Gasteiger partial charge in [0.2, 0.25) is 10.0 Å².